The molecule has 118 valence electrons. The fourth-order valence-electron chi connectivity index (χ4n) is 2.81. The number of aromatic nitrogens is 3. The van der Waals surface area contributed by atoms with Crippen molar-refractivity contribution in [3.05, 3.63) is 72.4 Å². The van der Waals surface area contributed by atoms with Gasteiger partial charge in [-0.2, -0.15) is 0 Å². The molecule has 0 amide bonds. The molecule has 4 nitrogen and oxygen atoms in total. The average Bonchev–Trinajstić information content (AvgIpc) is 3.01. The van der Waals surface area contributed by atoms with Crippen LogP contribution in [0.4, 0.5) is 15.9 Å². The molecule has 0 aliphatic rings. The zero-order valence-electron chi connectivity index (χ0n) is 13.1. The summed E-state index contributed by atoms with van der Waals surface area (Å²) in [5.74, 6) is 1.25. The van der Waals surface area contributed by atoms with Gasteiger partial charge < -0.3 is 5.32 Å². The molecule has 4 rings (SSSR count). The molecule has 2 aromatic heterocycles. The second kappa shape index (κ2) is 5.77. The second-order valence-corrected chi connectivity index (χ2v) is 5.62. The quantitative estimate of drug-likeness (QED) is 0.593. The molecule has 0 radical (unpaired) electrons. The van der Waals surface area contributed by atoms with Crippen LogP contribution < -0.4 is 10.3 Å². The lowest BCUT2D eigenvalue weighted by molar-refractivity contribution is -0.362. The number of benzene rings is 2. The molecule has 2 aromatic carbocycles. The molecule has 0 saturated carbocycles. The molecule has 0 aliphatic carbocycles. The van der Waals surface area contributed by atoms with Crippen LogP contribution in [-0.4, -0.2) is 9.97 Å². The van der Waals surface area contributed by atoms with Crippen molar-refractivity contribution < 1.29 is 9.37 Å². The first kappa shape index (κ1) is 14.4. The van der Waals surface area contributed by atoms with Gasteiger partial charge in [0, 0.05) is 18.2 Å². The summed E-state index contributed by atoms with van der Waals surface area (Å²) in [7, 11) is 0. The van der Waals surface area contributed by atoms with Gasteiger partial charge in [-0.05, 0) is 29.8 Å². The standard InChI is InChI=1S/C19H15FN4/c1-12-22-18-17(16(11-21-18)13-5-3-2-4-6-13)19(23-12)24-15-9-7-14(20)8-10-15/h2-11H,1H3,(H2,21,22,23,24)/p+1. The van der Waals surface area contributed by atoms with Crippen molar-refractivity contribution in [2.45, 2.75) is 6.92 Å². The minimum Gasteiger partial charge on any atom is -0.326 e. The van der Waals surface area contributed by atoms with Crippen LogP contribution in [-0.2, 0) is 0 Å². The molecule has 0 unspecified atom stereocenters. The fraction of sp³-hybridized carbons (Fsp3) is 0.0526. The monoisotopic (exact) mass is 319 g/mol. The lowest BCUT2D eigenvalue weighted by Gasteiger charge is -2.06. The number of nitrogens with one attached hydrogen (secondary N) is 3. The number of aryl methyl sites for hydroxylation is 1. The third kappa shape index (κ3) is 2.60. The Labute approximate surface area is 138 Å². The van der Waals surface area contributed by atoms with E-state index in [9.17, 15) is 4.39 Å². The molecular formula is C19H16FN4+. The molecule has 3 N–H and O–H groups in total. The van der Waals surface area contributed by atoms with E-state index in [0.717, 1.165) is 39.5 Å². The van der Waals surface area contributed by atoms with Gasteiger partial charge in [-0.25, -0.2) is 9.37 Å². The minimum absolute atomic E-state index is 0.261. The first-order chi connectivity index (χ1) is 11.7. The molecule has 0 saturated heterocycles. The summed E-state index contributed by atoms with van der Waals surface area (Å²) < 4.78 is 13.1. The van der Waals surface area contributed by atoms with Crippen molar-refractivity contribution in [2.24, 2.45) is 0 Å². The number of hydrogen-bond acceptors (Lipinski definition) is 2. The largest absolute Gasteiger partial charge is 0.326 e. The van der Waals surface area contributed by atoms with Crippen molar-refractivity contribution in [1.82, 2.24) is 9.97 Å². The number of nitrogens with zero attached hydrogens (tertiary/aromatic N) is 1. The summed E-state index contributed by atoms with van der Waals surface area (Å²) in [5, 5.41) is 4.26. The molecule has 24 heavy (non-hydrogen) atoms. The number of hydrogen-bond donors (Lipinski definition) is 2. The summed E-state index contributed by atoms with van der Waals surface area (Å²) in [6, 6.07) is 16.4. The van der Waals surface area contributed by atoms with Crippen LogP contribution in [0.2, 0.25) is 0 Å². The number of fused-ring (bicyclic) bond motifs is 1. The third-order valence-corrected chi connectivity index (χ3v) is 3.89. The zero-order valence-corrected chi connectivity index (χ0v) is 13.1. The van der Waals surface area contributed by atoms with Gasteiger partial charge >= 0.3 is 0 Å². The Kier molecular flexibility index (Phi) is 3.46. The lowest BCUT2D eigenvalue weighted by atomic mass is 10.1. The van der Waals surface area contributed by atoms with E-state index in [0.29, 0.717) is 0 Å². The van der Waals surface area contributed by atoms with Gasteiger partial charge in [0.2, 0.25) is 17.3 Å². The van der Waals surface area contributed by atoms with Crippen molar-refractivity contribution in [1.29, 1.82) is 0 Å². The number of aromatic amines is 2. The van der Waals surface area contributed by atoms with Crippen LogP contribution in [0.5, 0.6) is 0 Å². The van der Waals surface area contributed by atoms with Gasteiger partial charge in [0.15, 0.2) is 0 Å². The maximum Gasteiger partial charge on any atom is 0.236 e. The molecule has 5 heteroatoms. The Morgan fingerprint density at radius 2 is 1.79 bits per heavy atom. The Bertz CT molecular complexity index is 991. The molecular weight excluding hydrogens is 303 g/mol. The normalized spacial score (nSPS) is 10.9. The Hall–Kier alpha value is -3.21. The van der Waals surface area contributed by atoms with Crippen LogP contribution in [0.15, 0.2) is 60.8 Å². The van der Waals surface area contributed by atoms with Gasteiger partial charge in [0.25, 0.3) is 0 Å². The van der Waals surface area contributed by atoms with E-state index in [-0.39, 0.29) is 5.82 Å². The summed E-state index contributed by atoms with van der Waals surface area (Å²) in [6.45, 7) is 1.90. The SMILES string of the molecule is Cc1nc(Nc2ccc(F)cc2)c2c(-c3ccccc3)c[nH]c2[nH+]1. The highest BCUT2D eigenvalue weighted by Gasteiger charge is 2.19. The molecule has 0 fully saturated rings. The third-order valence-electron chi connectivity index (χ3n) is 3.89. The van der Waals surface area contributed by atoms with Crippen LogP contribution >= 0.6 is 0 Å². The second-order valence-electron chi connectivity index (χ2n) is 5.62. The van der Waals surface area contributed by atoms with E-state index in [4.69, 9.17) is 0 Å². The van der Waals surface area contributed by atoms with Crippen molar-refractivity contribution in [3.63, 3.8) is 0 Å². The topological polar surface area (TPSA) is 54.9 Å². The maximum absolute atomic E-state index is 13.1. The van der Waals surface area contributed by atoms with E-state index in [1.807, 2.05) is 31.3 Å². The highest BCUT2D eigenvalue weighted by atomic mass is 19.1. The van der Waals surface area contributed by atoms with Crippen molar-refractivity contribution in [2.75, 3.05) is 5.32 Å². The molecule has 0 spiro atoms. The average molecular weight is 319 g/mol. The van der Waals surface area contributed by atoms with Crippen molar-refractivity contribution >= 4 is 22.5 Å². The van der Waals surface area contributed by atoms with Gasteiger partial charge in [-0.3, -0.25) is 4.98 Å². The van der Waals surface area contributed by atoms with Crippen LogP contribution in [0, 0.1) is 12.7 Å². The summed E-state index contributed by atoms with van der Waals surface area (Å²) in [4.78, 5) is 11.1. The lowest BCUT2D eigenvalue weighted by Crippen LogP contribution is -2.13. The predicted octanol–water partition coefficient (Wildman–Crippen LogP) is 4.24. The van der Waals surface area contributed by atoms with Gasteiger partial charge in [0.1, 0.15) is 11.2 Å². The zero-order chi connectivity index (χ0) is 16.5. The Morgan fingerprint density at radius 1 is 1.04 bits per heavy atom. The number of anilines is 2. The maximum atomic E-state index is 13.1. The van der Waals surface area contributed by atoms with Gasteiger partial charge in [-0.15, -0.1) is 0 Å². The summed E-state index contributed by atoms with van der Waals surface area (Å²) in [6.07, 6.45) is 1.97. The Balaban J connectivity index is 1.87. The van der Waals surface area contributed by atoms with Crippen molar-refractivity contribution in [3.8, 4) is 11.1 Å². The van der Waals surface area contributed by atoms with E-state index in [1.165, 1.54) is 12.1 Å². The summed E-state index contributed by atoms with van der Waals surface area (Å²) >= 11 is 0. The van der Waals surface area contributed by atoms with Crippen LogP contribution in [0.25, 0.3) is 22.2 Å². The number of rotatable bonds is 3. The van der Waals surface area contributed by atoms with Crippen LogP contribution in [0.3, 0.4) is 0 Å². The highest BCUT2D eigenvalue weighted by molar-refractivity contribution is 6.00. The van der Waals surface area contributed by atoms with E-state index >= 15 is 0 Å². The number of H-pyrrole nitrogens is 2. The van der Waals surface area contributed by atoms with E-state index in [2.05, 4.69) is 32.4 Å². The smallest absolute Gasteiger partial charge is 0.236 e. The molecule has 4 aromatic rings. The first-order valence-corrected chi connectivity index (χ1v) is 7.70. The predicted molar refractivity (Wildman–Crippen MR) is 92.5 cm³/mol. The molecule has 0 aliphatic heterocycles. The molecule has 0 atom stereocenters. The number of halogens is 1. The van der Waals surface area contributed by atoms with E-state index < -0.39 is 0 Å². The summed E-state index contributed by atoms with van der Waals surface area (Å²) in [5.41, 5.74) is 3.84. The van der Waals surface area contributed by atoms with Crippen LogP contribution in [0.1, 0.15) is 5.82 Å². The van der Waals surface area contributed by atoms with Gasteiger partial charge in [0.05, 0.1) is 6.20 Å². The minimum atomic E-state index is -0.261. The fourth-order valence-corrected chi connectivity index (χ4v) is 2.81. The van der Waals surface area contributed by atoms with E-state index in [1.54, 1.807) is 12.1 Å². The molecule has 0 bridgehead atoms. The first-order valence-electron chi connectivity index (χ1n) is 7.70. The molecule has 2 heterocycles. The van der Waals surface area contributed by atoms with Gasteiger partial charge in [-0.1, -0.05) is 35.3 Å². The highest BCUT2D eigenvalue weighted by Crippen LogP contribution is 2.32. The Morgan fingerprint density at radius 3 is 2.54 bits per heavy atom.